The quantitative estimate of drug-likeness (QED) is 0.280. The topological polar surface area (TPSA) is 71.5 Å². The number of rotatable bonds is 7. The number of amides is 1. The van der Waals surface area contributed by atoms with Gasteiger partial charge in [0.25, 0.3) is 5.91 Å². The minimum atomic E-state index is -0.631. The van der Waals surface area contributed by atoms with Crippen molar-refractivity contribution in [1.82, 2.24) is 4.98 Å². The third-order valence-electron chi connectivity index (χ3n) is 4.42. The molecule has 0 atom stereocenters. The monoisotopic (exact) mass is 469 g/mol. The first kappa shape index (κ1) is 21.5. The van der Waals surface area contributed by atoms with Crippen LogP contribution in [0.2, 0.25) is 0 Å². The fourth-order valence-corrected chi connectivity index (χ4v) is 5.17. The number of hydrogen-bond acceptors (Lipinski definition) is 8. The zero-order valence-electron chi connectivity index (χ0n) is 16.7. The number of aromatic nitrogens is 1. The van der Waals surface area contributed by atoms with E-state index < -0.39 is 5.97 Å². The summed E-state index contributed by atoms with van der Waals surface area (Å²) < 4.78 is 5.30. The summed E-state index contributed by atoms with van der Waals surface area (Å²) in [7, 11) is 0. The summed E-state index contributed by atoms with van der Waals surface area (Å²) >= 11 is 4.52. The molecule has 1 amide bonds. The van der Waals surface area contributed by atoms with Crippen LogP contribution < -0.4 is 10.2 Å². The smallest absolute Gasteiger partial charge is 0.358 e. The highest BCUT2D eigenvalue weighted by atomic mass is 32.2. The maximum Gasteiger partial charge on any atom is 0.358 e. The van der Waals surface area contributed by atoms with Crippen molar-refractivity contribution in [3.05, 3.63) is 66.2 Å². The second-order valence-electron chi connectivity index (χ2n) is 6.42. The Morgan fingerprint density at radius 1 is 1.23 bits per heavy atom. The van der Waals surface area contributed by atoms with Gasteiger partial charge >= 0.3 is 5.97 Å². The lowest BCUT2D eigenvalue weighted by Crippen LogP contribution is -2.32. The zero-order chi connectivity index (χ0) is 21.8. The zero-order valence-corrected chi connectivity index (χ0v) is 19.1. The molecule has 1 aliphatic rings. The summed E-state index contributed by atoms with van der Waals surface area (Å²) in [5.41, 5.74) is 1.74. The normalized spacial score (nSPS) is 12.0. The Morgan fingerprint density at radius 2 is 2.03 bits per heavy atom. The Hall–Kier alpha value is -2.75. The first-order valence-corrected chi connectivity index (χ1v) is 12.3. The predicted molar refractivity (Wildman–Crippen MR) is 127 cm³/mol. The number of thiazole rings is 1. The Morgan fingerprint density at radius 3 is 2.84 bits per heavy atom. The van der Waals surface area contributed by atoms with E-state index in [9.17, 15) is 9.59 Å². The minimum absolute atomic E-state index is 0.170. The summed E-state index contributed by atoms with van der Waals surface area (Å²) in [4.78, 5) is 34.4. The van der Waals surface area contributed by atoms with Gasteiger partial charge in [-0.1, -0.05) is 30.0 Å². The third kappa shape index (κ3) is 4.63. The Labute approximate surface area is 192 Å². The molecule has 2 heterocycles. The van der Waals surface area contributed by atoms with E-state index in [0.717, 1.165) is 26.1 Å². The second-order valence-corrected chi connectivity index (χ2v) is 9.24. The van der Waals surface area contributed by atoms with Crippen molar-refractivity contribution in [2.24, 2.45) is 0 Å². The number of para-hydroxylation sites is 1. The molecule has 6 nitrogen and oxygen atoms in total. The Bertz CT molecular complexity index is 1150. The number of carbonyl (C=O) groups is 2. The number of esters is 1. The van der Waals surface area contributed by atoms with Crippen LogP contribution in [0.25, 0.3) is 0 Å². The highest BCUT2D eigenvalue weighted by Crippen LogP contribution is 2.48. The Balaban J connectivity index is 1.53. The van der Waals surface area contributed by atoms with Gasteiger partial charge in [0.05, 0.1) is 11.4 Å². The van der Waals surface area contributed by atoms with Gasteiger partial charge in [-0.15, -0.1) is 29.7 Å². The molecule has 3 aromatic rings. The number of nitrogens with zero attached hydrogens (tertiary/aromatic N) is 2. The lowest BCUT2D eigenvalue weighted by Gasteiger charge is -2.31. The van der Waals surface area contributed by atoms with Crippen molar-refractivity contribution in [2.45, 2.75) is 14.7 Å². The van der Waals surface area contributed by atoms with E-state index in [2.05, 4.69) is 16.9 Å². The van der Waals surface area contributed by atoms with E-state index in [4.69, 9.17) is 4.74 Å². The van der Waals surface area contributed by atoms with E-state index in [1.807, 2.05) is 48.7 Å². The van der Waals surface area contributed by atoms with Crippen molar-refractivity contribution in [3.63, 3.8) is 0 Å². The minimum Gasteiger partial charge on any atom is -0.451 e. The maximum atomic E-state index is 13.2. The predicted octanol–water partition coefficient (Wildman–Crippen LogP) is 5.45. The van der Waals surface area contributed by atoms with Crippen molar-refractivity contribution in [2.75, 3.05) is 29.6 Å². The van der Waals surface area contributed by atoms with Crippen molar-refractivity contribution < 1.29 is 14.3 Å². The number of ether oxygens (including phenoxy) is 1. The molecule has 1 aliphatic heterocycles. The third-order valence-corrected chi connectivity index (χ3v) is 7.08. The number of fused-ring (bicyclic) bond motifs is 2. The molecule has 1 aromatic heterocycles. The number of carbonyl (C=O) groups excluding carboxylic acids is 2. The molecule has 158 valence electrons. The largest absolute Gasteiger partial charge is 0.451 e. The van der Waals surface area contributed by atoms with Gasteiger partial charge in [0, 0.05) is 26.6 Å². The molecule has 0 bridgehead atoms. The van der Waals surface area contributed by atoms with Crippen LogP contribution in [0.5, 0.6) is 0 Å². The summed E-state index contributed by atoms with van der Waals surface area (Å²) in [6.45, 7) is 3.80. The van der Waals surface area contributed by atoms with Gasteiger partial charge in [-0.2, -0.15) is 0 Å². The number of benzene rings is 2. The van der Waals surface area contributed by atoms with Crippen LogP contribution in [0.3, 0.4) is 0 Å². The van der Waals surface area contributed by atoms with Crippen molar-refractivity contribution in [1.29, 1.82) is 0 Å². The first-order valence-electron chi connectivity index (χ1n) is 9.36. The van der Waals surface area contributed by atoms with Gasteiger partial charge in [-0.05, 0) is 36.6 Å². The van der Waals surface area contributed by atoms with Gasteiger partial charge in [0.15, 0.2) is 17.4 Å². The van der Waals surface area contributed by atoms with E-state index in [1.165, 1.54) is 11.3 Å². The van der Waals surface area contributed by atoms with Crippen LogP contribution in [-0.4, -0.2) is 36.3 Å². The van der Waals surface area contributed by atoms with Crippen LogP contribution in [0.15, 0.2) is 75.2 Å². The van der Waals surface area contributed by atoms with Crippen molar-refractivity contribution >= 4 is 63.2 Å². The number of hydrogen-bond donors (Lipinski definition) is 1. The molecule has 4 rings (SSSR count). The van der Waals surface area contributed by atoms with Crippen LogP contribution in [0, 0.1) is 0 Å². The van der Waals surface area contributed by atoms with E-state index >= 15 is 0 Å². The number of nitrogens with one attached hydrogen (secondary N) is 1. The average molecular weight is 470 g/mol. The molecule has 0 fully saturated rings. The van der Waals surface area contributed by atoms with Crippen LogP contribution in [-0.2, 0) is 9.53 Å². The molecule has 0 saturated heterocycles. The van der Waals surface area contributed by atoms with Gasteiger partial charge < -0.3 is 10.1 Å². The summed E-state index contributed by atoms with van der Waals surface area (Å²) in [5.74, 6) is -0.949. The standard InChI is InChI=1S/C22H19N3O3S3/c1-3-10-23-22-24-15(13-30-22)21(27)28-12-20(26)25-16-6-4-5-7-18(16)31-19-9-8-14(29-2)11-17(19)25/h3-9,11,13H,1,10,12H2,2H3,(H,23,24). The van der Waals surface area contributed by atoms with Crippen LogP contribution >= 0.6 is 34.9 Å². The van der Waals surface area contributed by atoms with Gasteiger partial charge in [-0.3, -0.25) is 9.69 Å². The number of anilines is 3. The molecule has 0 aliphatic carbocycles. The fourth-order valence-electron chi connectivity index (χ4n) is 3.00. The summed E-state index contributed by atoms with van der Waals surface area (Å²) in [6.07, 6.45) is 3.69. The molecule has 1 N–H and O–H groups in total. The molecule has 0 unspecified atom stereocenters. The lowest BCUT2D eigenvalue weighted by atomic mass is 10.2. The first-order chi connectivity index (χ1) is 15.1. The lowest BCUT2D eigenvalue weighted by molar-refractivity contribution is -0.121. The van der Waals surface area contributed by atoms with Gasteiger partial charge in [0.1, 0.15) is 0 Å². The summed E-state index contributed by atoms with van der Waals surface area (Å²) in [6, 6.07) is 13.7. The van der Waals surface area contributed by atoms with E-state index in [-0.39, 0.29) is 18.2 Å². The van der Waals surface area contributed by atoms with Gasteiger partial charge in [0.2, 0.25) is 0 Å². The molecule has 0 spiro atoms. The number of thioether (sulfide) groups is 1. The molecule has 0 saturated carbocycles. The molecule has 0 radical (unpaired) electrons. The summed E-state index contributed by atoms with van der Waals surface area (Å²) in [5, 5.41) is 5.22. The molecule has 2 aromatic carbocycles. The van der Waals surface area contributed by atoms with E-state index in [0.29, 0.717) is 11.7 Å². The Kier molecular flexibility index (Phi) is 6.64. The maximum absolute atomic E-state index is 13.2. The van der Waals surface area contributed by atoms with Crippen molar-refractivity contribution in [3.8, 4) is 0 Å². The highest BCUT2D eigenvalue weighted by molar-refractivity contribution is 8.00. The molecular formula is C22H19N3O3S3. The van der Waals surface area contributed by atoms with Gasteiger partial charge in [-0.25, -0.2) is 9.78 Å². The highest BCUT2D eigenvalue weighted by Gasteiger charge is 2.29. The van der Waals surface area contributed by atoms with Crippen LogP contribution in [0.1, 0.15) is 10.5 Å². The SMILES string of the molecule is C=CCNc1nc(C(=O)OCC(=O)N2c3ccccc3Sc3ccc(SC)cc32)cs1. The molecule has 9 heteroatoms. The molecular weight excluding hydrogens is 450 g/mol. The second kappa shape index (κ2) is 9.59. The average Bonchev–Trinajstić information content (AvgIpc) is 3.28. The fraction of sp³-hybridized carbons (Fsp3) is 0.136. The van der Waals surface area contributed by atoms with E-state index in [1.54, 1.807) is 39.9 Å². The van der Waals surface area contributed by atoms with Crippen LogP contribution in [0.4, 0.5) is 16.5 Å². The molecule has 31 heavy (non-hydrogen) atoms.